The van der Waals surface area contributed by atoms with Gasteiger partial charge >= 0.3 is 11.9 Å². The van der Waals surface area contributed by atoms with Crippen LogP contribution in [-0.4, -0.2) is 22.2 Å². The summed E-state index contributed by atoms with van der Waals surface area (Å²) in [6, 6.07) is 12.7. The third-order valence-electron chi connectivity index (χ3n) is 3.67. The molecule has 0 atom stereocenters. The molecule has 0 aliphatic carbocycles. The first kappa shape index (κ1) is 16.4. The molecule has 0 aliphatic rings. The zero-order valence-corrected chi connectivity index (χ0v) is 14.4. The summed E-state index contributed by atoms with van der Waals surface area (Å²) in [5.41, 5.74) is 2.12. The Morgan fingerprint density at radius 1 is 0.875 bits per heavy atom. The molecule has 24 heavy (non-hydrogen) atoms. The van der Waals surface area contributed by atoms with E-state index in [4.69, 9.17) is 5.11 Å². The van der Waals surface area contributed by atoms with Gasteiger partial charge in [0.1, 0.15) is 4.88 Å². The number of carboxylic acid groups (broad SMARTS) is 2. The monoisotopic (exact) mass is 358 g/mol. The first-order valence-corrected chi connectivity index (χ1v) is 8.93. The molecule has 4 nitrogen and oxygen atoms in total. The lowest BCUT2D eigenvalue weighted by molar-refractivity contribution is 0.0687. The first-order valence-electron chi connectivity index (χ1n) is 7.29. The summed E-state index contributed by atoms with van der Waals surface area (Å²) in [5.74, 6) is -1.83. The normalized spacial score (nSPS) is 10.7. The van der Waals surface area contributed by atoms with Crippen molar-refractivity contribution in [3.63, 3.8) is 0 Å². The molecule has 0 bridgehead atoms. The van der Waals surface area contributed by atoms with Gasteiger partial charge in [0.2, 0.25) is 0 Å². The Morgan fingerprint density at radius 3 is 2.17 bits per heavy atom. The Morgan fingerprint density at radius 2 is 1.54 bits per heavy atom. The smallest absolute Gasteiger partial charge is 0.345 e. The Bertz CT molecular complexity index is 921. The van der Waals surface area contributed by atoms with Gasteiger partial charge in [-0.2, -0.15) is 0 Å². The van der Waals surface area contributed by atoms with Crippen LogP contribution in [0.15, 0.2) is 42.5 Å². The highest BCUT2D eigenvalue weighted by molar-refractivity contribution is 7.24. The van der Waals surface area contributed by atoms with Crippen LogP contribution in [0.25, 0.3) is 20.2 Å². The van der Waals surface area contributed by atoms with Crippen LogP contribution in [0.2, 0.25) is 0 Å². The van der Waals surface area contributed by atoms with E-state index in [0.717, 1.165) is 25.8 Å². The van der Waals surface area contributed by atoms with E-state index in [1.54, 1.807) is 23.5 Å². The number of aryl methyl sites for hydroxylation is 1. The lowest BCUT2D eigenvalue weighted by atomic mass is 10.0. The number of carbonyl (C=O) groups is 2. The first-order chi connectivity index (χ1) is 11.5. The summed E-state index contributed by atoms with van der Waals surface area (Å²) in [6.45, 7) is 1.94. The SMILES string of the molecule is CCc1cc(-c2ccc(-c3ccc(C(=O)O)s3)s2)ccc1C(=O)O. The van der Waals surface area contributed by atoms with E-state index in [1.165, 1.54) is 11.3 Å². The third kappa shape index (κ3) is 3.11. The lowest BCUT2D eigenvalue weighted by Crippen LogP contribution is -2.01. The van der Waals surface area contributed by atoms with Gasteiger partial charge < -0.3 is 10.2 Å². The standard InChI is InChI=1S/C18H14O4S2/c1-2-10-9-11(3-4-12(10)17(19)20)13-5-6-14(23-13)15-7-8-16(24-15)18(21)22/h3-9H,2H2,1H3,(H,19,20)(H,21,22). The van der Waals surface area contributed by atoms with Crippen molar-refractivity contribution < 1.29 is 19.8 Å². The van der Waals surface area contributed by atoms with E-state index in [-0.39, 0.29) is 0 Å². The molecule has 0 radical (unpaired) electrons. The Labute approximate surface area is 146 Å². The molecule has 3 rings (SSSR count). The molecule has 0 fully saturated rings. The van der Waals surface area contributed by atoms with E-state index >= 15 is 0 Å². The molecule has 2 aromatic heterocycles. The van der Waals surface area contributed by atoms with E-state index < -0.39 is 11.9 Å². The van der Waals surface area contributed by atoms with E-state index in [1.807, 2.05) is 37.3 Å². The van der Waals surface area contributed by atoms with E-state index in [2.05, 4.69) is 0 Å². The maximum atomic E-state index is 11.2. The summed E-state index contributed by atoms with van der Waals surface area (Å²) < 4.78 is 0. The van der Waals surface area contributed by atoms with Crippen molar-refractivity contribution in [1.29, 1.82) is 0 Å². The molecule has 1 aromatic carbocycles. The Hall–Kier alpha value is -2.44. The molecule has 0 aliphatic heterocycles. The van der Waals surface area contributed by atoms with Gasteiger partial charge in [-0.3, -0.25) is 0 Å². The van der Waals surface area contributed by atoms with Gasteiger partial charge in [-0.05, 0) is 53.9 Å². The molecule has 0 saturated carbocycles. The zero-order chi connectivity index (χ0) is 17.3. The zero-order valence-electron chi connectivity index (χ0n) is 12.8. The second-order valence-corrected chi connectivity index (χ2v) is 7.33. The topological polar surface area (TPSA) is 74.6 Å². The number of aromatic carboxylic acids is 2. The number of rotatable bonds is 5. The average Bonchev–Trinajstić information content (AvgIpc) is 3.23. The van der Waals surface area contributed by atoms with Crippen LogP contribution in [0, 0.1) is 0 Å². The van der Waals surface area contributed by atoms with Crippen molar-refractivity contribution in [2.45, 2.75) is 13.3 Å². The van der Waals surface area contributed by atoms with Gasteiger partial charge in [-0.15, -0.1) is 22.7 Å². The molecular formula is C18H14O4S2. The molecule has 3 aromatic rings. The molecular weight excluding hydrogens is 344 g/mol. The fourth-order valence-electron chi connectivity index (χ4n) is 2.46. The second kappa shape index (κ2) is 6.59. The van der Waals surface area contributed by atoms with E-state index in [0.29, 0.717) is 16.9 Å². The quantitative estimate of drug-likeness (QED) is 0.665. The lowest BCUT2D eigenvalue weighted by Gasteiger charge is -2.06. The second-order valence-electron chi connectivity index (χ2n) is 5.16. The van der Waals surface area contributed by atoms with Crippen molar-refractivity contribution in [2.75, 3.05) is 0 Å². The fourth-order valence-corrected chi connectivity index (χ4v) is 4.40. The highest BCUT2D eigenvalue weighted by Gasteiger charge is 2.13. The summed E-state index contributed by atoms with van der Waals surface area (Å²) in [7, 11) is 0. The van der Waals surface area contributed by atoms with Gasteiger partial charge in [0.15, 0.2) is 0 Å². The molecule has 2 heterocycles. The fraction of sp³-hybridized carbons (Fsp3) is 0.111. The van der Waals surface area contributed by atoms with Gasteiger partial charge in [0.25, 0.3) is 0 Å². The van der Waals surface area contributed by atoms with Crippen LogP contribution in [0.3, 0.4) is 0 Å². The van der Waals surface area contributed by atoms with Crippen LogP contribution >= 0.6 is 22.7 Å². The molecule has 2 N–H and O–H groups in total. The Balaban J connectivity index is 1.95. The van der Waals surface area contributed by atoms with Crippen molar-refractivity contribution in [2.24, 2.45) is 0 Å². The number of hydrogen-bond acceptors (Lipinski definition) is 4. The van der Waals surface area contributed by atoms with Gasteiger partial charge in [-0.25, -0.2) is 9.59 Å². The predicted molar refractivity (Wildman–Crippen MR) is 96.4 cm³/mol. The van der Waals surface area contributed by atoms with Gasteiger partial charge in [0.05, 0.1) is 5.56 Å². The van der Waals surface area contributed by atoms with Crippen molar-refractivity contribution in [3.05, 3.63) is 58.5 Å². The minimum atomic E-state index is -0.917. The molecule has 0 amide bonds. The number of hydrogen-bond donors (Lipinski definition) is 2. The van der Waals surface area contributed by atoms with Gasteiger partial charge in [0, 0.05) is 14.6 Å². The Kier molecular flexibility index (Phi) is 4.51. The van der Waals surface area contributed by atoms with Gasteiger partial charge in [-0.1, -0.05) is 13.0 Å². The summed E-state index contributed by atoms with van der Waals surface area (Å²) in [6.07, 6.45) is 0.653. The highest BCUT2D eigenvalue weighted by Crippen LogP contribution is 2.38. The minimum Gasteiger partial charge on any atom is -0.478 e. The largest absolute Gasteiger partial charge is 0.478 e. The molecule has 6 heteroatoms. The maximum Gasteiger partial charge on any atom is 0.345 e. The molecule has 0 unspecified atom stereocenters. The average molecular weight is 358 g/mol. The molecule has 0 saturated heterocycles. The number of carboxylic acids is 2. The third-order valence-corrected chi connectivity index (χ3v) is 6.07. The summed E-state index contributed by atoms with van der Waals surface area (Å²) in [4.78, 5) is 25.5. The minimum absolute atomic E-state index is 0.319. The van der Waals surface area contributed by atoms with Crippen LogP contribution in [0.4, 0.5) is 0 Å². The van der Waals surface area contributed by atoms with Crippen molar-refractivity contribution >= 4 is 34.6 Å². The van der Waals surface area contributed by atoms with Crippen LogP contribution in [0.1, 0.15) is 32.5 Å². The molecule has 0 spiro atoms. The number of benzene rings is 1. The van der Waals surface area contributed by atoms with Crippen molar-refractivity contribution in [3.8, 4) is 20.2 Å². The van der Waals surface area contributed by atoms with Crippen LogP contribution in [-0.2, 0) is 6.42 Å². The molecule has 122 valence electrons. The summed E-state index contributed by atoms with van der Waals surface area (Å²) >= 11 is 2.82. The van der Waals surface area contributed by atoms with E-state index in [9.17, 15) is 14.7 Å². The maximum absolute atomic E-state index is 11.2. The van der Waals surface area contributed by atoms with Crippen LogP contribution < -0.4 is 0 Å². The summed E-state index contributed by atoms with van der Waals surface area (Å²) in [5, 5.41) is 18.2. The van der Waals surface area contributed by atoms with Crippen LogP contribution in [0.5, 0.6) is 0 Å². The number of thiophene rings is 2. The predicted octanol–water partition coefficient (Wildman–Crippen LogP) is 5.10. The highest BCUT2D eigenvalue weighted by atomic mass is 32.1. The van der Waals surface area contributed by atoms with Crippen molar-refractivity contribution in [1.82, 2.24) is 0 Å².